The van der Waals surface area contributed by atoms with E-state index in [2.05, 4.69) is 39.7 Å². The Morgan fingerprint density at radius 2 is 1.68 bits per heavy atom. The molecule has 1 aliphatic heterocycles. The molecule has 0 radical (unpaired) electrons. The first-order valence-corrected chi connectivity index (χ1v) is 9.87. The zero-order valence-corrected chi connectivity index (χ0v) is 17.1. The number of aryl methyl sites for hydroxylation is 2. The lowest BCUT2D eigenvalue weighted by molar-refractivity contribution is -0.146. The first-order chi connectivity index (χ1) is 13.5. The third-order valence-electron chi connectivity index (χ3n) is 4.80. The van der Waals surface area contributed by atoms with Crippen molar-refractivity contribution in [3.8, 4) is 0 Å². The summed E-state index contributed by atoms with van der Waals surface area (Å²) in [6.45, 7) is 10.7. The quantitative estimate of drug-likeness (QED) is 0.702. The van der Waals surface area contributed by atoms with Crippen molar-refractivity contribution in [3.05, 3.63) is 35.5 Å². The van der Waals surface area contributed by atoms with Crippen molar-refractivity contribution in [1.29, 1.82) is 0 Å². The minimum absolute atomic E-state index is 0.337. The lowest BCUT2D eigenvalue weighted by Gasteiger charge is -2.35. The molecule has 1 atom stereocenters. The third-order valence-corrected chi connectivity index (χ3v) is 4.80. The van der Waals surface area contributed by atoms with Gasteiger partial charge in [0, 0.05) is 50.7 Å². The van der Waals surface area contributed by atoms with Crippen LogP contribution in [-0.2, 0) is 22.4 Å². The van der Waals surface area contributed by atoms with Gasteiger partial charge in [0.25, 0.3) is 0 Å². The van der Waals surface area contributed by atoms with Gasteiger partial charge >= 0.3 is 5.97 Å². The predicted octanol–water partition coefficient (Wildman–Crippen LogP) is 2.34. The number of ether oxygens (including phenoxy) is 1. The molecule has 0 amide bonds. The summed E-state index contributed by atoms with van der Waals surface area (Å²) >= 11 is 0. The Kier molecular flexibility index (Phi) is 6.38. The number of hydrogen-bond donors (Lipinski definition) is 0. The van der Waals surface area contributed by atoms with Crippen LogP contribution in [0.1, 0.15) is 51.0 Å². The highest BCUT2D eigenvalue weighted by Crippen LogP contribution is 2.20. The molecule has 0 spiro atoms. The Morgan fingerprint density at radius 3 is 2.25 bits per heavy atom. The minimum Gasteiger partial charge on any atom is -0.455 e. The Hall–Kier alpha value is -2.77. The Balaban J connectivity index is 1.68. The fourth-order valence-electron chi connectivity index (χ4n) is 3.22. The summed E-state index contributed by atoms with van der Waals surface area (Å²) in [5.41, 5.74) is 2.17. The van der Waals surface area contributed by atoms with Gasteiger partial charge < -0.3 is 14.5 Å². The number of carbonyl (C=O) groups excluding carboxylic acids is 1. The van der Waals surface area contributed by atoms with Crippen LogP contribution < -0.4 is 9.80 Å². The van der Waals surface area contributed by atoms with Crippen LogP contribution in [0, 0.1) is 0 Å². The SMILES string of the molecule is CCc1cc(CC)nc(N2CCN(c3ccnc([C@@H](C)OC(C)=O)n3)CC2)n1. The van der Waals surface area contributed by atoms with Crippen LogP contribution in [-0.4, -0.2) is 52.1 Å². The Bertz CT molecular complexity index is 798. The number of rotatable bonds is 6. The van der Waals surface area contributed by atoms with Gasteiger partial charge in [0.1, 0.15) is 5.82 Å². The maximum absolute atomic E-state index is 11.2. The largest absolute Gasteiger partial charge is 0.455 e. The molecule has 3 rings (SSSR count). The van der Waals surface area contributed by atoms with Crippen LogP contribution in [0.25, 0.3) is 0 Å². The Labute approximate surface area is 166 Å². The second kappa shape index (κ2) is 8.95. The smallest absolute Gasteiger partial charge is 0.303 e. The van der Waals surface area contributed by atoms with Crippen LogP contribution >= 0.6 is 0 Å². The molecule has 2 aromatic heterocycles. The van der Waals surface area contributed by atoms with Crippen LogP contribution in [0.2, 0.25) is 0 Å². The number of aromatic nitrogens is 4. The number of carbonyl (C=O) groups is 1. The lowest BCUT2D eigenvalue weighted by atomic mass is 10.2. The second-order valence-corrected chi connectivity index (χ2v) is 6.86. The molecule has 0 N–H and O–H groups in total. The molecule has 8 nitrogen and oxygen atoms in total. The number of piperazine rings is 1. The normalized spacial score (nSPS) is 15.4. The molecule has 8 heteroatoms. The van der Waals surface area contributed by atoms with E-state index >= 15 is 0 Å². The first kappa shape index (κ1) is 20.0. The molecular formula is C20H28N6O2. The molecule has 3 heterocycles. The molecule has 1 fully saturated rings. The van der Waals surface area contributed by atoms with Gasteiger partial charge in [-0.25, -0.2) is 19.9 Å². The predicted molar refractivity (Wildman–Crippen MR) is 107 cm³/mol. The summed E-state index contributed by atoms with van der Waals surface area (Å²) in [7, 11) is 0. The molecule has 0 saturated carbocycles. The topological polar surface area (TPSA) is 84.3 Å². The van der Waals surface area contributed by atoms with Gasteiger partial charge in [-0.1, -0.05) is 13.8 Å². The molecule has 1 aliphatic rings. The summed E-state index contributed by atoms with van der Waals surface area (Å²) in [6.07, 6.45) is 3.07. The van der Waals surface area contributed by atoms with Gasteiger partial charge in [0.15, 0.2) is 11.9 Å². The van der Waals surface area contributed by atoms with E-state index < -0.39 is 6.10 Å². The standard InChI is InChI=1S/C20H28N6O2/c1-5-16-13-17(6-2)23-20(22-16)26-11-9-25(10-12-26)18-7-8-21-19(24-18)14(3)28-15(4)27/h7-8,13-14H,5-6,9-12H2,1-4H3/t14-/m1/s1. The molecular weight excluding hydrogens is 356 g/mol. The highest BCUT2D eigenvalue weighted by atomic mass is 16.5. The highest BCUT2D eigenvalue weighted by Gasteiger charge is 2.22. The van der Waals surface area contributed by atoms with Crippen molar-refractivity contribution in [2.75, 3.05) is 36.0 Å². The zero-order chi connectivity index (χ0) is 20.1. The van der Waals surface area contributed by atoms with Crippen molar-refractivity contribution in [3.63, 3.8) is 0 Å². The van der Waals surface area contributed by atoms with E-state index in [0.29, 0.717) is 5.82 Å². The molecule has 28 heavy (non-hydrogen) atoms. The van der Waals surface area contributed by atoms with Crippen LogP contribution in [0.5, 0.6) is 0 Å². The number of anilines is 2. The van der Waals surface area contributed by atoms with Crippen molar-refractivity contribution >= 4 is 17.7 Å². The van der Waals surface area contributed by atoms with Crippen LogP contribution in [0.4, 0.5) is 11.8 Å². The van der Waals surface area contributed by atoms with E-state index in [1.54, 1.807) is 13.1 Å². The summed E-state index contributed by atoms with van der Waals surface area (Å²) in [5.74, 6) is 1.85. The summed E-state index contributed by atoms with van der Waals surface area (Å²) in [4.78, 5) is 33.9. The average Bonchev–Trinajstić information content (AvgIpc) is 2.73. The van der Waals surface area contributed by atoms with E-state index in [9.17, 15) is 4.79 Å². The van der Waals surface area contributed by atoms with E-state index in [4.69, 9.17) is 14.7 Å². The monoisotopic (exact) mass is 384 g/mol. The van der Waals surface area contributed by atoms with Gasteiger partial charge in [-0.05, 0) is 31.9 Å². The van der Waals surface area contributed by atoms with Gasteiger partial charge in [-0.2, -0.15) is 0 Å². The van der Waals surface area contributed by atoms with E-state index in [-0.39, 0.29) is 5.97 Å². The number of nitrogens with zero attached hydrogens (tertiary/aromatic N) is 6. The zero-order valence-electron chi connectivity index (χ0n) is 17.1. The van der Waals surface area contributed by atoms with Gasteiger partial charge in [-0.15, -0.1) is 0 Å². The molecule has 1 saturated heterocycles. The van der Waals surface area contributed by atoms with E-state index in [1.807, 2.05) is 6.07 Å². The van der Waals surface area contributed by atoms with Crippen molar-refractivity contribution < 1.29 is 9.53 Å². The van der Waals surface area contributed by atoms with Gasteiger partial charge in [0.2, 0.25) is 5.95 Å². The van der Waals surface area contributed by atoms with Crippen molar-refractivity contribution in [1.82, 2.24) is 19.9 Å². The molecule has 0 aromatic carbocycles. The minimum atomic E-state index is -0.462. The highest BCUT2D eigenvalue weighted by molar-refractivity contribution is 5.66. The molecule has 2 aromatic rings. The van der Waals surface area contributed by atoms with Crippen LogP contribution in [0.15, 0.2) is 18.3 Å². The summed E-state index contributed by atoms with van der Waals surface area (Å²) in [6, 6.07) is 3.98. The van der Waals surface area contributed by atoms with Crippen molar-refractivity contribution in [2.24, 2.45) is 0 Å². The molecule has 0 unspecified atom stereocenters. The van der Waals surface area contributed by atoms with Gasteiger partial charge in [-0.3, -0.25) is 4.79 Å². The molecule has 150 valence electrons. The average molecular weight is 384 g/mol. The van der Waals surface area contributed by atoms with E-state index in [1.165, 1.54) is 6.92 Å². The second-order valence-electron chi connectivity index (χ2n) is 6.86. The van der Waals surface area contributed by atoms with Crippen LogP contribution in [0.3, 0.4) is 0 Å². The number of esters is 1. The molecule has 0 aliphatic carbocycles. The maximum Gasteiger partial charge on any atom is 0.303 e. The van der Waals surface area contributed by atoms with Gasteiger partial charge in [0.05, 0.1) is 0 Å². The van der Waals surface area contributed by atoms with Crippen molar-refractivity contribution in [2.45, 2.75) is 46.6 Å². The summed E-state index contributed by atoms with van der Waals surface area (Å²) in [5, 5.41) is 0. The maximum atomic E-state index is 11.2. The van der Waals surface area contributed by atoms with E-state index in [0.717, 1.165) is 62.2 Å². The first-order valence-electron chi connectivity index (χ1n) is 9.87. The number of hydrogen-bond acceptors (Lipinski definition) is 8. The summed E-state index contributed by atoms with van der Waals surface area (Å²) < 4.78 is 5.19. The lowest BCUT2D eigenvalue weighted by Crippen LogP contribution is -2.47. The third kappa shape index (κ3) is 4.74. The fraction of sp³-hybridized carbons (Fsp3) is 0.550. The molecule has 0 bridgehead atoms. The fourth-order valence-corrected chi connectivity index (χ4v) is 3.22. The Morgan fingerprint density at radius 1 is 1.07 bits per heavy atom.